The van der Waals surface area contributed by atoms with Crippen molar-refractivity contribution in [3.8, 4) is 0 Å². The van der Waals surface area contributed by atoms with E-state index in [1.807, 2.05) is 19.9 Å². The first-order valence-electron chi connectivity index (χ1n) is 6.79. The number of nitrogens with one attached hydrogen (secondary N) is 2. The average molecular weight is 263 g/mol. The van der Waals surface area contributed by atoms with Crippen LogP contribution in [0.1, 0.15) is 30.8 Å². The van der Waals surface area contributed by atoms with Crippen LogP contribution >= 0.6 is 0 Å². The third-order valence-electron chi connectivity index (χ3n) is 3.41. The van der Waals surface area contributed by atoms with Crippen molar-refractivity contribution in [2.45, 2.75) is 26.3 Å². The maximum atomic E-state index is 12.0. The van der Waals surface area contributed by atoms with Crippen LogP contribution in [0.5, 0.6) is 0 Å². The van der Waals surface area contributed by atoms with Gasteiger partial charge in [0.15, 0.2) is 0 Å². The summed E-state index contributed by atoms with van der Waals surface area (Å²) in [5.74, 6) is 0.285. The molecule has 1 fully saturated rings. The first kappa shape index (κ1) is 13.8. The predicted molar refractivity (Wildman–Crippen MR) is 74.3 cm³/mol. The zero-order valence-electron chi connectivity index (χ0n) is 11.5. The minimum atomic E-state index is -0.123. The molecule has 1 amide bonds. The van der Waals surface area contributed by atoms with Gasteiger partial charge in [-0.05, 0) is 32.4 Å². The summed E-state index contributed by atoms with van der Waals surface area (Å²) in [4.78, 5) is 16.2. The molecule has 5 nitrogen and oxygen atoms in total. The van der Waals surface area contributed by atoms with Gasteiger partial charge in [0.1, 0.15) is 5.69 Å². The smallest absolute Gasteiger partial charge is 0.270 e. The van der Waals surface area contributed by atoms with Crippen molar-refractivity contribution in [3.05, 3.63) is 24.0 Å². The van der Waals surface area contributed by atoms with E-state index in [1.54, 1.807) is 12.3 Å². The van der Waals surface area contributed by atoms with Crippen LogP contribution in [-0.4, -0.2) is 36.7 Å². The number of ether oxygens (including phenoxy) is 1. The van der Waals surface area contributed by atoms with Gasteiger partial charge in [-0.3, -0.25) is 4.79 Å². The molecule has 2 atom stereocenters. The lowest BCUT2D eigenvalue weighted by Crippen LogP contribution is -2.38. The van der Waals surface area contributed by atoms with Crippen molar-refractivity contribution in [2.24, 2.45) is 5.92 Å². The Morgan fingerprint density at radius 3 is 3.00 bits per heavy atom. The molecule has 0 aromatic carbocycles. The van der Waals surface area contributed by atoms with Crippen LogP contribution in [0.3, 0.4) is 0 Å². The van der Waals surface area contributed by atoms with Crippen LogP contribution in [0, 0.1) is 5.92 Å². The highest BCUT2D eigenvalue weighted by molar-refractivity contribution is 5.92. The topological polar surface area (TPSA) is 63.2 Å². The lowest BCUT2D eigenvalue weighted by Gasteiger charge is -2.18. The van der Waals surface area contributed by atoms with E-state index in [0.29, 0.717) is 11.6 Å². The van der Waals surface area contributed by atoms with Gasteiger partial charge in [0.25, 0.3) is 5.91 Å². The van der Waals surface area contributed by atoms with Crippen molar-refractivity contribution in [1.82, 2.24) is 10.3 Å². The van der Waals surface area contributed by atoms with Gasteiger partial charge in [-0.25, -0.2) is 4.98 Å². The molecular formula is C14H21N3O2. The van der Waals surface area contributed by atoms with E-state index >= 15 is 0 Å². The number of hydrogen-bond donors (Lipinski definition) is 2. The highest BCUT2D eigenvalue weighted by Gasteiger charge is 2.24. The number of nitrogens with zero attached hydrogens (tertiary/aromatic N) is 1. The van der Waals surface area contributed by atoms with Gasteiger partial charge in [-0.1, -0.05) is 0 Å². The molecule has 1 aromatic heterocycles. The van der Waals surface area contributed by atoms with E-state index in [-0.39, 0.29) is 11.9 Å². The molecule has 1 aliphatic heterocycles. The van der Waals surface area contributed by atoms with Crippen LogP contribution in [0.15, 0.2) is 18.3 Å². The number of carbonyl (C=O) groups is 1. The summed E-state index contributed by atoms with van der Waals surface area (Å²) in [5, 5.41) is 6.14. The van der Waals surface area contributed by atoms with Gasteiger partial charge in [0, 0.05) is 25.1 Å². The Morgan fingerprint density at radius 2 is 2.42 bits per heavy atom. The summed E-state index contributed by atoms with van der Waals surface area (Å²) in [6, 6.07) is 3.73. The first-order valence-corrected chi connectivity index (χ1v) is 6.79. The Morgan fingerprint density at radius 1 is 1.58 bits per heavy atom. The number of amides is 1. The second kappa shape index (κ2) is 6.52. The second-order valence-electron chi connectivity index (χ2n) is 4.85. The highest BCUT2D eigenvalue weighted by atomic mass is 16.5. The lowest BCUT2D eigenvalue weighted by molar-refractivity contribution is 0.0917. The monoisotopic (exact) mass is 263 g/mol. The van der Waals surface area contributed by atoms with Crippen LogP contribution in [-0.2, 0) is 4.74 Å². The fraction of sp³-hybridized carbons (Fsp3) is 0.571. The van der Waals surface area contributed by atoms with Crippen LogP contribution in [0.4, 0.5) is 5.69 Å². The number of aromatic nitrogens is 1. The Hall–Kier alpha value is -1.62. The van der Waals surface area contributed by atoms with Crippen molar-refractivity contribution >= 4 is 11.6 Å². The zero-order chi connectivity index (χ0) is 13.7. The fourth-order valence-electron chi connectivity index (χ4n) is 2.18. The molecule has 1 aliphatic rings. The molecule has 0 aliphatic carbocycles. The third kappa shape index (κ3) is 3.67. The molecule has 0 saturated carbocycles. The molecule has 2 rings (SSSR count). The molecule has 0 bridgehead atoms. The Balaban J connectivity index is 1.91. The summed E-state index contributed by atoms with van der Waals surface area (Å²) in [5.41, 5.74) is 1.38. The van der Waals surface area contributed by atoms with Crippen LogP contribution in [0.25, 0.3) is 0 Å². The van der Waals surface area contributed by atoms with Crippen molar-refractivity contribution in [3.63, 3.8) is 0 Å². The first-order chi connectivity index (χ1) is 9.20. The van der Waals surface area contributed by atoms with Crippen LogP contribution in [0.2, 0.25) is 0 Å². The molecular weight excluding hydrogens is 242 g/mol. The SMILES string of the molecule is CCNc1ccc(C(=O)NC(C)C2CCOC2)nc1. The molecule has 2 heterocycles. The molecule has 104 valence electrons. The van der Waals surface area contributed by atoms with E-state index in [4.69, 9.17) is 4.74 Å². The molecule has 19 heavy (non-hydrogen) atoms. The van der Waals surface area contributed by atoms with Crippen molar-refractivity contribution in [1.29, 1.82) is 0 Å². The minimum Gasteiger partial charge on any atom is -0.384 e. The summed E-state index contributed by atoms with van der Waals surface area (Å²) in [6.45, 7) is 6.40. The number of rotatable bonds is 5. The number of carbonyl (C=O) groups excluding carboxylic acids is 1. The zero-order valence-corrected chi connectivity index (χ0v) is 11.5. The molecule has 2 unspecified atom stereocenters. The van der Waals surface area contributed by atoms with E-state index in [1.165, 1.54) is 0 Å². The highest BCUT2D eigenvalue weighted by Crippen LogP contribution is 2.16. The van der Waals surface area contributed by atoms with E-state index in [0.717, 1.165) is 31.9 Å². The molecule has 0 radical (unpaired) electrons. The molecule has 1 saturated heterocycles. The third-order valence-corrected chi connectivity index (χ3v) is 3.41. The van der Waals surface area contributed by atoms with E-state index in [9.17, 15) is 4.79 Å². The number of anilines is 1. The quantitative estimate of drug-likeness (QED) is 0.848. The maximum absolute atomic E-state index is 12.0. The fourth-order valence-corrected chi connectivity index (χ4v) is 2.18. The summed E-state index contributed by atoms with van der Waals surface area (Å²) in [6.07, 6.45) is 2.69. The molecule has 5 heteroatoms. The van der Waals surface area contributed by atoms with Gasteiger partial charge in [0.05, 0.1) is 18.5 Å². The number of hydrogen-bond acceptors (Lipinski definition) is 4. The Kier molecular flexibility index (Phi) is 4.74. The van der Waals surface area contributed by atoms with Crippen LogP contribution < -0.4 is 10.6 Å². The predicted octanol–water partition coefficient (Wildman–Crippen LogP) is 1.67. The Bertz CT molecular complexity index is 413. The lowest BCUT2D eigenvalue weighted by atomic mass is 10.0. The molecule has 0 spiro atoms. The van der Waals surface area contributed by atoms with Crippen molar-refractivity contribution < 1.29 is 9.53 Å². The van der Waals surface area contributed by atoms with Crippen molar-refractivity contribution in [2.75, 3.05) is 25.1 Å². The van der Waals surface area contributed by atoms with E-state index < -0.39 is 0 Å². The average Bonchev–Trinajstić information content (AvgIpc) is 2.94. The normalized spacial score (nSPS) is 20.0. The van der Waals surface area contributed by atoms with Gasteiger partial charge in [0.2, 0.25) is 0 Å². The summed E-state index contributed by atoms with van der Waals surface area (Å²) in [7, 11) is 0. The van der Waals surface area contributed by atoms with Gasteiger partial charge >= 0.3 is 0 Å². The van der Waals surface area contributed by atoms with E-state index in [2.05, 4.69) is 15.6 Å². The number of pyridine rings is 1. The molecule has 1 aromatic rings. The summed E-state index contributed by atoms with van der Waals surface area (Å²) < 4.78 is 5.33. The summed E-state index contributed by atoms with van der Waals surface area (Å²) >= 11 is 0. The second-order valence-corrected chi connectivity index (χ2v) is 4.85. The van der Waals surface area contributed by atoms with Gasteiger partial charge < -0.3 is 15.4 Å². The van der Waals surface area contributed by atoms with Gasteiger partial charge in [-0.15, -0.1) is 0 Å². The minimum absolute atomic E-state index is 0.116. The maximum Gasteiger partial charge on any atom is 0.270 e. The Labute approximate surface area is 113 Å². The molecule has 2 N–H and O–H groups in total. The largest absolute Gasteiger partial charge is 0.384 e. The standard InChI is InChI=1S/C14H21N3O2/c1-3-15-12-4-5-13(16-8-12)14(18)17-10(2)11-6-7-19-9-11/h4-5,8,10-11,15H,3,6-7,9H2,1-2H3,(H,17,18). The van der Waals surface area contributed by atoms with Gasteiger partial charge in [-0.2, -0.15) is 0 Å².